The Hall–Kier alpha value is -1.63. The van der Waals surface area contributed by atoms with E-state index in [4.69, 9.17) is 12.3 Å². The molecule has 0 aromatic carbocycles. The lowest BCUT2D eigenvalue weighted by Crippen LogP contribution is -2.47. The summed E-state index contributed by atoms with van der Waals surface area (Å²) in [4.78, 5) is 32.3. The van der Waals surface area contributed by atoms with Crippen molar-refractivity contribution in [1.29, 1.82) is 1.43 Å². The van der Waals surface area contributed by atoms with Crippen LogP contribution in [-0.4, -0.2) is 40.1 Å². The Morgan fingerprint density at radius 1 is 1.53 bits per heavy atom. The van der Waals surface area contributed by atoms with Gasteiger partial charge in [0.15, 0.2) is 0 Å². The van der Waals surface area contributed by atoms with Crippen LogP contribution in [0.2, 0.25) is 0 Å². The molecule has 0 saturated heterocycles. The van der Waals surface area contributed by atoms with Crippen molar-refractivity contribution in [2.24, 2.45) is 5.73 Å². The van der Waals surface area contributed by atoms with Crippen LogP contribution < -0.4 is 11.1 Å². The van der Waals surface area contributed by atoms with Gasteiger partial charge in [0.25, 0.3) is 1.43 Å². The predicted molar refractivity (Wildman–Crippen MR) is 50.1 cm³/mol. The molecule has 0 radical (unpaired) electrons. The maximum atomic E-state index is 11.3. The van der Waals surface area contributed by atoms with Gasteiger partial charge in [-0.15, -0.1) is 0 Å². The van der Waals surface area contributed by atoms with Gasteiger partial charge in [-0.25, -0.2) is 0 Å². The maximum Gasteiger partial charge on any atom is 0.325 e. The molecular weight excluding hydrogens is 204 g/mol. The molecule has 0 fully saturated rings. The molecule has 7 nitrogen and oxygen atoms in total. The van der Waals surface area contributed by atoms with Crippen LogP contribution in [0.25, 0.3) is 1.43 Å². The van der Waals surface area contributed by atoms with Gasteiger partial charge in [0.2, 0.25) is 5.91 Å². The molecule has 0 bridgehead atoms. The molecule has 0 rings (SSSR count). The van der Waals surface area contributed by atoms with E-state index in [1.807, 2.05) is 0 Å². The lowest BCUT2D eigenvalue weighted by molar-refractivity contribution is -0.142. The van der Waals surface area contributed by atoms with Gasteiger partial charge < -0.3 is 21.3 Å². The van der Waals surface area contributed by atoms with Crippen molar-refractivity contribution in [3.63, 3.8) is 0 Å². The van der Waals surface area contributed by atoms with Crippen LogP contribution >= 0.6 is 0 Å². The number of nitrogens with one attached hydrogen (secondary N) is 1. The van der Waals surface area contributed by atoms with E-state index in [9.17, 15) is 14.4 Å². The molecule has 5 N–H and O–H groups in total. The fourth-order valence-electron chi connectivity index (χ4n) is 0.787. The summed E-state index contributed by atoms with van der Waals surface area (Å²) in [6, 6.07) is -2.04. The summed E-state index contributed by atoms with van der Waals surface area (Å²) in [7, 11) is 0. The highest BCUT2D eigenvalue weighted by Crippen LogP contribution is 1.95. The second-order valence-electron chi connectivity index (χ2n) is 3.09. The Labute approximate surface area is 87.7 Å². The van der Waals surface area contributed by atoms with Gasteiger partial charge in [-0.3, -0.25) is 14.4 Å². The zero-order valence-electron chi connectivity index (χ0n) is 9.23. The van der Waals surface area contributed by atoms with E-state index in [0.29, 0.717) is 0 Å². The Morgan fingerprint density at radius 2 is 2.13 bits per heavy atom. The predicted octanol–water partition coefficient (Wildman–Crippen LogP) is -1.23. The molecule has 0 heterocycles. The maximum absolute atomic E-state index is 11.3. The number of amides is 1. The van der Waals surface area contributed by atoms with E-state index in [1.165, 1.54) is 6.92 Å². The summed E-state index contributed by atoms with van der Waals surface area (Å²) in [5, 5.41) is 14.3. The van der Waals surface area contributed by atoms with Crippen molar-refractivity contribution in [2.45, 2.75) is 31.8 Å². The van der Waals surface area contributed by atoms with Gasteiger partial charge in [-0.05, 0) is 13.3 Å². The molecule has 0 aromatic rings. The van der Waals surface area contributed by atoms with Crippen molar-refractivity contribution in [3.05, 3.63) is 0 Å². The molecule has 86 valence electrons. The zero-order valence-corrected chi connectivity index (χ0v) is 8.23. The molecule has 1 amide bonds. The van der Waals surface area contributed by atoms with E-state index in [0.717, 1.165) is 0 Å². The van der Waals surface area contributed by atoms with Crippen molar-refractivity contribution in [3.8, 4) is 0 Å². The highest BCUT2D eigenvalue weighted by molar-refractivity contribution is 5.86. The monoisotopic (exact) mass is 219 g/mol. The van der Waals surface area contributed by atoms with E-state index < -0.39 is 29.9 Å². The fourth-order valence-corrected chi connectivity index (χ4v) is 0.787. The number of carboxylic acid groups (broad SMARTS) is 2. The molecule has 0 saturated carbocycles. The number of hydrogen-bond acceptors (Lipinski definition) is 5. The van der Waals surface area contributed by atoms with E-state index in [2.05, 4.69) is 10.4 Å². The topological polar surface area (TPSA) is 130 Å². The smallest absolute Gasteiger partial charge is 0.325 e. The quantitative estimate of drug-likeness (QED) is 0.442. The minimum absolute atomic E-state index is 0.00408. The Balaban J connectivity index is 3.99. The van der Waals surface area contributed by atoms with Crippen LogP contribution in [0.5, 0.6) is 0 Å². The fraction of sp³-hybridized carbons (Fsp3) is 0.625. The third-order valence-electron chi connectivity index (χ3n) is 1.73. The molecule has 15 heavy (non-hydrogen) atoms. The molecular formula is C8H14N2O5. The van der Waals surface area contributed by atoms with Crippen molar-refractivity contribution < 1.29 is 24.6 Å². The highest BCUT2D eigenvalue weighted by Gasteiger charge is 2.19. The molecule has 0 aliphatic carbocycles. The molecule has 0 aromatic heterocycles. The largest absolute Gasteiger partial charge is 0.481 e. The first-order valence-electron chi connectivity index (χ1n) is 4.74. The summed E-state index contributed by atoms with van der Waals surface area (Å²) < 4.78 is 6.26. The van der Waals surface area contributed by atoms with Crippen LogP contribution in [0.4, 0.5) is 0 Å². The Kier molecular flexibility index (Phi) is 4.55. The lowest BCUT2D eigenvalue weighted by Gasteiger charge is -2.13. The molecule has 0 unspecified atom stereocenters. The highest BCUT2D eigenvalue weighted by atomic mass is 16.4. The minimum Gasteiger partial charge on any atom is -0.481 e. The minimum atomic E-state index is -1.17. The van der Waals surface area contributed by atoms with Crippen molar-refractivity contribution in [1.82, 2.24) is 5.32 Å². The summed E-state index contributed by atoms with van der Waals surface area (Å²) >= 11 is 0. The number of nitrogens with two attached hydrogens (primary N) is 1. The third-order valence-corrected chi connectivity index (χ3v) is 1.73. The van der Waals surface area contributed by atoms with Gasteiger partial charge in [0.1, 0.15) is 6.04 Å². The number of rotatable bonds is 6. The SMILES string of the molecule is [2H]OC(=O)CC[C@@H](N)C(=O)N[C@@H](C)C(=O)O. The van der Waals surface area contributed by atoms with E-state index in [-0.39, 0.29) is 12.8 Å². The normalized spacial score (nSPS) is 14.7. The summed E-state index contributed by atoms with van der Waals surface area (Å²) in [6.07, 6.45) is -0.171. The second kappa shape index (κ2) is 5.97. The molecule has 7 heteroatoms. The average Bonchev–Trinajstić information content (AvgIpc) is 2.24. The molecule has 0 spiro atoms. The third kappa shape index (κ3) is 5.63. The number of carboxylic acids is 2. The van der Waals surface area contributed by atoms with Crippen molar-refractivity contribution >= 4 is 17.8 Å². The van der Waals surface area contributed by atoms with Crippen LogP contribution in [-0.2, 0) is 14.4 Å². The van der Waals surface area contributed by atoms with Crippen LogP contribution in [0.3, 0.4) is 0 Å². The molecule has 0 aliphatic heterocycles. The van der Waals surface area contributed by atoms with Gasteiger partial charge in [0.05, 0.1) is 6.04 Å². The molecule has 2 atom stereocenters. The van der Waals surface area contributed by atoms with Crippen LogP contribution in [0.1, 0.15) is 19.8 Å². The second-order valence-corrected chi connectivity index (χ2v) is 3.09. The zero-order chi connectivity index (χ0) is 12.7. The van der Waals surface area contributed by atoms with E-state index >= 15 is 0 Å². The number of carbonyl (C=O) groups excluding carboxylic acids is 1. The number of carbonyl (C=O) groups is 3. The van der Waals surface area contributed by atoms with Gasteiger partial charge in [0, 0.05) is 6.42 Å². The summed E-state index contributed by atoms with van der Waals surface area (Å²) in [5.74, 6) is -2.63. The van der Waals surface area contributed by atoms with Crippen LogP contribution in [0, 0.1) is 0 Å². The Bertz CT molecular complexity index is 284. The van der Waals surface area contributed by atoms with Gasteiger partial charge in [-0.1, -0.05) is 0 Å². The standard InChI is InChI=1S/C8H14N2O5/c1-4(8(14)15)10-7(13)5(9)2-3-6(11)12/h4-5H,2-3,9H2,1H3,(H,10,13)(H,11,12)(H,14,15)/t4-,5+/m0/s1/i/hD. The first kappa shape index (κ1) is 11.4. The summed E-state index contributed by atoms with van der Waals surface area (Å²) in [6.45, 7) is 1.30. The Morgan fingerprint density at radius 3 is 2.60 bits per heavy atom. The molecule has 0 aliphatic rings. The number of aliphatic carboxylic acids is 2. The van der Waals surface area contributed by atoms with Crippen LogP contribution in [0.15, 0.2) is 0 Å². The van der Waals surface area contributed by atoms with E-state index in [1.54, 1.807) is 0 Å². The first-order chi connectivity index (χ1) is 7.38. The number of hydrogen-bond donors (Lipinski definition) is 4. The van der Waals surface area contributed by atoms with Gasteiger partial charge >= 0.3 is 11.9 Å². The van der Waals surface area contributed by atoms with Crippen molar-refractivity contribution in [2.75, 3.05) is 0 Å². The van der Waals surface area contributed by atoms with Gasteiger partial charge in [-0.2, -0.15) is 0 Å². The first-order valence-corrected chi connectivity index (χ1v) is 4.33. The average molecular weight is 219 g/mol. The summed E-state index contributed by atoms with van der Waals surface area (Å²) in [5.41, 5.74) is 5.39. The lowest BCUT2D eigenvalue weighted by atomic mass is 10.1.